The van der Waals surface area contributed by atoms with E-state index in [1.165, 1.54) is 0 Å². The average Bonchev–Trinajstić information content (AvgIpc) is 2.21. The summed E-state index contributed by atoms with van der Waals surface area (Å²) in [6.07, 6.45) is 0. The zero-order chi connectivity index (χ0) is 13.9. The van der Waals surface area contributed by atoms with Gasteiger partial charge >= 0.3 is 0 Å². The first-order valence-corrected chi connectivity index (χ1v) is 6.83. The van der Waals surface area contributed by atoms with Gasteiger partial charge in [0.05, 0.1) is 0 Å². The van der Waals surface area contributed by atoms with Crippen molar-refractivity contribution in [3.63, 3.8) is 0 Å². The van der Waals surface area contributed by atoms with Crippen LogP contribution in [-0.4, -0.2) is 17.5 Å². The second kappa shape index (κ2) is 5.74. The van der Waals surface area contributed by atoms with Crippen molar-refractivity contribution in [1.82, 2.24) is 5.32 Å². The molecule has 1 amide bonds. The number of nitrogens with one attached hydrogen (secondary N) is 2. The highest BCUT2D eigenvalue weighted by atomic mass is 79.9. The summed E-state index contributed by atoms with van der Waals surface area (Å²) >= 11 is 3.43. The van der Waals surface area contributed by atoms with Crippen molar-refractivity contribution in [2.75, 3.05) is 5.32 Å². The number of amides is 1. The molecule has 18 heavy (non-hydrogen) atoms. The van der Waals surface area contributed by atoms with E-state index < -0.39 is 0 Å². The summed E-state index contributed by atoms with van der Waals surface area (Å²) in [7, 11) is 0. The van der Waals surface area contributed by atoms with Crippen LogP contribution in [0.2, 0.25) is 0 Å². The molecule has 0 saturated carbocycles. The molecule has 0 spiro atoms. The zero-order valence-corrected chi connectivity index (χ0v) is 13.2. The highest BCUT2D eigenvalue weighted by molar-refractivity contribution is 9.10. The molecule has 1 atom stereocenters. The van der Waals surface area contributed by atoms with Gasteiger partial charge in [-0.3, -0.25) is 4.79 Å². The van der Waals surface area contributed by atoms with Gasteiger partial charge in [0.2, 0.25) is 5.91 Å². The molecule has 1 rings (SSSR count). The zero-order valence-electron chi connectivity index (χ0n) is 11.6. The smallest absolute Gasteiger partial charge is 0.242 e. The summed E-state index contributed by atoms with van der Waals surface area (Å²) in [5, 5.41) is 6.19. The van der Waals surface area contributed by atoms with E-state index in [-0.39, 0.29) is 17.5 Å². The van der Waals surface area contributed by atoms with Crippen molar-refractivity contribution < 1.29 is 4.79 Å². The number of anilines is 1. The lowest BCUT2D eigenvalue weighted by Crippen LogP contribution is -2.47. The van der Waals surface area contributed by atoms with Crippen LogP contribution in [0, 0.1) is 6.92 Å². The molecule has 0 saturated heterocycles. The number of aryl methyl sites for hydroxylation is 1. The van der Waals surface area contributed by atoms with Crippen molar-refractivity contribution in [1.29, 1.82) is 0 Å². The van der Waals surface area contributed by atoms with E-state index in [1.807, 2.05) is 52.8 Å². The first-order valence-electron chi connectivity index (χ1n) is 6.04. The Balaban J connectivity index is 2.72. The Bertz CT molecular complexity index is 438. The number of hydrogen-bond acceptors (Lipinski definition) is 2. The lowest BCUT2D eigenvalue weighted by atomic mass is 10.1. The van der Waals surface area contributed by atoms with Crippen molar-refractivity contribution in [2.45, 2.75) is 46.2 Å². The minimum Gasteiger partial charge on any atom is -0.374 e. The standard InChI is InChI=1S/C14H21BrN2O/c1-9-6-7-11(15)8-12(9)16-10(2)13(18)17-14(3,4)5/h6-8,10,16H,1-5H3,(H,17,18). The number of benzene rings is 1. The third-order valence-electron chi connectivity index (χ3n) is 2.46. The van der Waals surface area contributed by atoms with Gasteiger partial charge in [-0.25, -0.2) is 0 Å². The molecule has 0 aliphatic carbocycles. The largest absolute Gasteiger partial charge is 0.374 e. The fourth-order valence-electron chi connectivity index (χ4n) is 1.53. The maximum Gasteiger partial charge on any atom is 0.242 e. The van der Waals surface area contributed by atoms with E-state index in [2.05, 4.69) is 26.6 Å². The molecule has 0 aliphatic heterocycles. The first kappa shape index (κ1) is 15.0. The molecule has 0 radical (unpaired) electrons. The van der Waals surface area contributed by atoms with Crippen LogP contribution in [0.25, 0.3) is 0 Å². The molecule has 0 fully saturated rings. The number of carbonyl (C=O) groups excluding carboxylic acids is 1. The van der Waals surface area contributed by atoms with Gasteiger partial charge in [-0.05, 0) is 52.3 Å². The van der Waals surface area contributed by atoms with Gasteiger partial charge in [0.15, 0.2) is 0 Å². The van der Waals surface area contributed by atoms with Crippen molar-refractivity contribution >= 4 is 27.5 Å². The van der Waals surface area contributed by atoms with Crippen molar-refractivity contribution in [3.8, 4) is 0 Å². The Labute approximate surface area is 117 Å². The van der Waals surface area contributed by atoms with E-state index in [0.29, 0.717) is 0 Å². The van der Waals surface area contributed by atoms with Crippen molar-refractivity contribution in [2.24, 2.45) is 0 Å². The Morgan fingerprint density at radius 3 is 2.50 bits per heavy atom. The second-order valence-corrected chi connectivity index (χ2v) is 6.48. The maximum atomic E-state index is 12.0. The molecule has 1 aromatic carbocycles. The van der Waals surface area contributed by atoms with Gasteiger partial charge in [0.25, 0.3) is 0 Å². The van der Waals surface area contributed by atoms with Crippen LogP contribution in [-0.2, 0) is 4.79 Å². The first-order chi connectivity index (χ1) is 8.19. The van der Waals surface area contributed by atoms with Crippen molar-refractivity contribution in [3.05, 3.63) is 28.2 Å². The SMILES string of the molecule is Cc1ccc(Br)cc1NC(C)C(=O)NC(C)(C)C. The van der Waals surface area contributed by atoms with Crippen LogP contribution in [0.1, 0.15) is 33.3 Å². The highest BCUT2D eigenvalue weighted by Gasteiger charge is 2.19. The molecule has 100 valence electrons. The lowest BCUT2D eigenvalue weighted by molar-refractivity contribution is -0.122. The quantitative estimate of drug-likeness (QED) is 0.897. The minimum absolute atomic E-state index is 0.00174. The summed E-state index contributed by atoms with van der Waals surface area (Å²) < 4.78 is 0.999. The highest BCUT2D eigenvalue weighted by Crippen LogP contribution is 2.21. The van der Waals surface area contributed by atoms with Gasteiger partial charge < -0.3 is 10.6 Å². The van der Waals surface area contributed by atoms with E-state index in [1.54, 1.807) is 0 Å². The van der Waals surface area contributed by atoms with Crippen LogP contribution in [0.5, 0.6) is 0 Å². The molecule has 0 aliphatic rings. The van der Waals surface area contributed by atoms with Gasteiger partial charge in [-0.1, -0.05) is 22.0 Å². The van der Waals surface area contributed by atoms with Crippen LogP contribution in [0.4, 0.5) is 5.69 Å². The van der Waals surface area contributed by atoms with Gasteiger partial charge in [-0.2, -0.15) is 0 Å². The summed E-state index contributed by atoms with van der Waals surface area (Å²) in [5.74, 6) is 0.00174. The predicted octanol–water partition coefficient (Wildman–Crippen LogP) is 3.47. The second-order valence-electron chi connectivity index (χ2n) is 5.56. The van der Waals surface area contributed by atoms with E-state index in [9.17, 15) is 4.79 Å². The predicted molar refractivity (Wildman–Crippen MR) is 79.9 cm³/mol. The molecule has 0 aromatic heterocycles. The van der Waals surface area contributed by atoms with Gasteiger partial charge in [0, 0.05) is 15.7 Å². The molecule has 1 unspecified atom stereocenters. The molecule has 2 N–H and O–H groups in total. The Morgan fingerprint density at radius 1 is 1.33 bits per heavy atom. The number of carbonyl (C=O) groups is 1. The van der Waals surface area contributed by atoms with Gasteiger partial charge in [0.1, 0.15) is 6.04 Å². The molecular formula is C14H21BrN2O. The fraction of sp³-hybridized carbons (Fsp3) is 0.500. The fourth-order valence-corrected chi connectivity index (χ4v) is 1.89. The summed E-state index contributed by atoms with van der Waals surface area (Å²) in [5.41, 5.74) is 1.88. The minimum atomic E-state index is -0.266. The third kappa shape index (κ3) is 4.69. The Kier molecular flexibility index (Phi) is 4.79. The molecule has 1 aromatic rings. The monoisotopic (exact) mass is 312 g/mol. The summed E-state index contributed by atoms with van der Waals surface area (Å²) in [4.78, 5) is 12.0. The van der Waals surface area contributed by atoms with Crippen LogP contribution < -0.4 is 10.6 Å². The average molecular weight is 313 g/mol. The topological polar surface area (TPSA) is 41.1 Å². The van der Waals surface area contributed by atoms with E-state index in [4.69, 9.17) is 0 Å². The molecular weight excluding hydrogens is 292 g/mol. The van der Waals surface area contributed by atoms with E-state index in [0.717, 1.165) is 15.7 Å². The van der Waals surface area contributed by atoms with Gasteiger partial charge in [-0.15, -0.1) is 0 Å². The summed E-state index contributed by atoms with van der Waals surface area (Å²) in [6, 6.07) is 5.72. The summed E-state index contributed by atoms with van der Waals surface area (Å²) in [6.45, 7) is 9.80. The molecule has 3 nitrogen and oxygen atoms in total. The number of hydrogen-bond donors (Lipinski definition) is 2. The normalized spacial score (nSPS) is 13.0. The molecule has 0 heterocycles. The number of halogens is 1. The van der Waals surface area contributed by atoms with Crippen LogP contribution in [0.3, 0.4) is 0 Å². The Morgan fingerprint density at radius 2 is 1.94 bits per heavy atom. The Hall–Kier alpha value is -1.03. The molecule has 4 heteroatoms. The van der Waals surface area contributed by atoms with Crippen LogP contribution >= 0.6 is 15.9 Å². The van der Waals surface area contributed by atoms with Crippen LogP contribution in [0.15, 0.2) is 22.7 Å². The third-order valence-corrected chi connectivity index (χ3v) is 2.96. The lowest BCUT2D eigenvalue weighted by Gasteiger charge is -2.24. The molecule has 0 bridgehead atoms. The van der Waals surface area contributed by atoms with E-state index >= 15 is 0 Å². The number of rotatable bonds is 3. The maximum absolute atomic E-state index is 12.0.